The zero-order chi connectivity index (χ0) is 15.4. The lowest BCUT2D eigenvalue weighted by Gasteiger charge is -2.15. The minimum Gasteiger partial charge on any atom is -0.494 e. The smallest absolute Gasteiger partial charge is 0.308 e. The van der Waals surface area contributed by atoms with E-state index in [0.29, 0.717) is 19.4 Å². The number of aliphatic carboxylic acids is 1. The number of methoxy groups -OCH3 is 1. The predicted octanol–water partition coefficient (Wildman–Crippen LogP) is 1.70. The van der Waals surface area contributed by atoms with Crippen molar-refractivity contribution < 1.29 is 23.8 Å². The number of halogens is 1. The van der Waals surface area contributed by atoms with E-state index in [1.165, 1.54) is 19.2 Å². The molecular formula is C15H18FNO4. The lowest BCUT2D eigenvalue weighted by molar-refractivity contribution is -0.141. The van der Waals surface area contributed by atoms with Gasteiger partial charge in [-0.3, -0.25) is 9.59 Å². The number of carbonyl (C=O) groups is 2. The molecule has 1 unspecified atom stereocenters. The molecule has 2 rings (SSSR count). The third-order valence-corrected chi connectivity index (χ3v) is 3.73. The van der Waals surface area contributed by atoms with Gasteiger partial charge in [-0.05, 0) is 30.5 Å². The first-order valence-electron chi connectivity index (χ1n) is 6.84. The Bertz CT molecular complexity index is 546. The number of benzene rings is 1. The summed E-state index contributed by atoms with van der Waals surface area (Å²) in [7, 11) is 1.40. The van der Waals surface area contributed by atoms with Crippen LogP contribution in [0.4, 0.5) is 4.39 Å². The van der Waals surface area contributed by atoms with E-state index in [4.69, 9.17) is 9.84 Å². The van der Waals surface area contributed by atoms with E-state index < -0.39 is 17.7 Å². The summed E-state index contributed by atoms with van der Waals surface area (Å²) in [6.45, 7) is 0.748. The molecule has 6 heteroatoms. The number of aryl methyl sites for hydroxylation is 1. The molecule has 0 aromatic heterocycles. The van der Waals surface area contributed by atoms with Crippen molar-refractivity contribution in [2.75, 3.05) is 20.2 Å². The highest BCUT2D eigenvalue weighted by molar-refractivity contribution is 5.78. The molecule has 21 heavy (non-hydrogen) atoms. The number of hydrogen-bond acceptors (Lipinski definition) is 3. The molecule has 1 N–H and O–H groups in total. The van der Waals surface area contributed by atoms with Crippen LogP contribution in [0, 0.1) is 11.7 Å². The molecule has 0 bridgehead atoms. The van der Waals surface area contributed by atoms with E-state index in [2.05, 4.69) is 0 Å². The quantitative estimate of drug-likeness (QED) is 0.898. The van der Waals surface area contributed by atoms with Gasteiger partial charge in [0.1, 0.15) is 0 Å². The highest BCUT2D eigenvalue weighted by atomic mass is 19.1. The number of carboxylic acids is 1. The molecule has 0 radical (unpaired) electrons. The Hall–Kier alpha value is -2.11. The summed E-state index contributed by atoms with van der Waals surface area (Å²) in [5, 5.41) is 8.91. The van der Waals surface area contributed by atoms with Gasteiger partial charge in [0.05, 0.1) is 13.0 Å². The molecule has 1 aliphatic rings. The molecule has 1 aromatic rings. The van der Waals surface area contributed by atoms with Gasteiger partial charge in [-0.1, -0.05) is 6.07 Å². The monoisotopic (exact) mass is 295 g/mol. The lowest BCUT2D eigenvalue weighted by Crippen LogP contribution is -2.30. The van der Waals surface area contributed by atoms with Crippen molar-refractivity contribution >= 4 is 11.9 Å². The zero-order valence-electron chi connectivity index (χ0n) is 11.8. The van der Waals surface area contributed by atoms with Crippen LogP contribution in [-0.2, 0) is 16.0 Å². The molecule has 1 aliphatic heterocycles. The molecule has 0 aliphatic carbocycles. The van der Waals surface area contributed by atoms with Crippen molar-refractivity contribution in [1.82, 2.24) is 4.90 Å². The maximum atomic E-state index is 13.5. The van der Waals surface area contributed by atoms with E-state index in [9.17, 15) is 14.0 Å². The maximum Gasteiger partial charge on any atom is 0.308 e. The Morgan fingerprint density at radius 3 is 2.81 bits per heavy atom. The van der Waals surface area contributed by atoms with Crippen molar-refractivity contribution in [2.24, 2.45) is 5.92 Å². The van der Waals surface area contributed by atoms with Crippen LogP contribution in [0.25, 0.3) is 0 Å². The van der Waals surface area contributed by atoms with Crippen LogP contribution >= 0.6 is 0 Å². The number of carbonyl (C=O) groups excluding carboxylic acids is 1. The van der Waals surface area contributed by atoms with Gasteiger partial charge in [0.25, 0.3) is 0 Å². The number of nitrogens with zero attached hydrogens (tertiary/aromatic N) is 1. The summed E-state index contributed by atoms with van der Waals surface area (Å²) in [4.78, 5) is 24.4. The van der Waals surface area contributed by atoms with Crippen LogP contribution in [0.1, 0.15) is 18.4 Å². The summed E-state index contributed by atoms with van der Waals surface area (Å²) < 4.78 is 18.4. The molecule has 0 spiro atoms. The topological polar surface area (TPSA) is 66.8 Å². The van der Waals surface area contributed by atoms with Crippen LogP contribution in [0.2, 0.25) is 0 Å². The van der Waals surface area contributed by atoms with Crippen LogP contribution in [0.5, 0.6) is 5.75 Å². The van der Waals surface area contributed by atoms with E-state index in [1.54, 1.807) is 11.0 Å². The molecule has 1 atom stereocenters. The number of amides is 1. The molecule has 1 aromatic carbocycles. The Labute approximate surface area is 122 Å². The molecular weight excluding hydrogens is 277 g/mol. The number of ether oxygens (including phenoxy) is 1. The van der Waals surface area contributed by atoms with Gasteiger partial charge >= 0.3 is 5.97 Å². The minimum absolute atomic E-state index is 0.0880. The number of hydrogen-bond donors (Lipinski definition) is 1. The summed E-state index contributed by atoms with van der Waals surface area (Å²) in [5.74, 6) is -1.69. The number of carboxylic acid groups (broad SMARTS) is 1. The first-order chi connectivity index (χ1) is 10.0. The fourth-order valence-electron chi connectivity index (χ4n) is 2.46. The van der Waals surface area contributed by atoms with Crippen molar-refractivity contribution in [3.63, 3.8) is 0 Å². The molecule has 5 nitrogen and oxygen atoms in total. The van der Waals surface area contributed by atoms with Crippen LogP contribution in [-0.4, -0.2) is 42.1 Å². The largest absolute Gasteiger partial charge is 0.494 e. The summed E-state index contributed by atoms with van der Waals surface area (Å²) in [6.07, 6.45) is 1.17. The van der Waals surface area contributed by atoms with Crippen molar-refractivity contribution in [2.45, 2.75) is 19.3 Å². The fourth-order valence-corrected chi connectivity index (χ4v) is 2.46. The second-order valence-corrected chi connectivity index (χ2v) is 5.13. The van der Waals surface area contributed by atoms with Gasteiger partial charge < -0.3 is 14.7 Å². The first-order valence-corrected chi connectivity index (χ1v) is 6.84. The molecule has 1 amide bonds. The summed E-state index contributed by atoms with van der Waals surface area (Å²) in [6, 6.07) is 4.61. The van der Waals surface area contributed by atoms with Crippen molar-refractivity contribution in [1.29, 1.82) is 0 Å². The molecule has 1 saturated heterocycles. The Morgan fingerprint density at radius 1 is 1.48 bits per heavy atom. The minimum atomic E-state index is -0.859. The number of likely N-dealkylation sites (tertiary alicyclic amines) is 1. The van der Waals surface area contributed by atoms with Gasteiger partial charge in [-0.25, -0.2) is 4.39 Å². The first kappa shape index (κ1) is 15.3. The predicted molar refractivity (Wildman–Crippen MR) is 73.6 cm³/mol. The van der Waals surface area contributed by atoms with E-state index in [0.717, 1.165) is 5.56 Å². The Kier molecular flexibility index (Phi) is 4.77. The average molecular weight is 295 g/mol. The van der Waals surface area contributed by atoms with Crippen LogP contribution in [0.3, 0.4) is 0 Å². The molecule has 1 heterocycles. The lowest BCUT2D eigenvalue weighted by atomic mass is 10.1. The third-order valence-electron chi connectivity index (χ3n) is 3.73. The number of rotatable bonds is 5. The standard InChI is InChI=1S/C15H18FNO4/c1-21-13-4-2-10(8-12(13)16)3-5-14(18)17-7-6-11(9-17)15(19)20/h2,4,8,11H,3,5-7,9H2,1H3,(H,19,20). The molecule has 1 fully saturated rings. The van der Waals surface area contributed by atoms with Crippen molar-refractivity contribution in [3.05, 3.63) is 29.6 Å². The highest BCUT2D eigenvalue weighted by Crippen LogP contribution is 2.20. The highest BCUT2D eigenvalue weighted by Gasteiger charge is 2.30. The SMILES string of the molecule is COc1ccc(CCC(=O)N2CCC(C(=O)O)C2)cc1F. The summed E-state index contributed by atoms with van der Waals surface area (Å²) >= 11 is 0. The average Bonchev–Trinajstić information content (AvgIpc) is 2.95. The van der Waals surface area contributed by atoms with Gasteiger partial charge in [0.15, 0.2) is 11.6 Å². The van der Waals surface area contributed by atoms with E-state index in [-0.39, 0.29) is 24.6 Å². The van der Waals surface area contributed by atoms with Gasteiger partial charge in [-0.15, -0.1) is 0 Å². The van der Waals surface area contributed by atoms with E-state index >= 15 is 0 Å². The van der Waals surface area contributed by atoms with Crippen LogP contribution < -0.4 is 4.74 Å². The second kappa shape index (κ2) is 6.56. The summed E-state index contributed by atoms with van der Waals surface area (Å²) in [5.41, 5.74) is 0.718. The Balaban J connectivity index is 1.87. The Morgan fingerprint density at radius 2 is 2.24 bits per heavy atom. The zero-order valence-corrected chi connectivity index (χ0v) is 11.8. The normalized spacial score (nSPS) is 17.8. The fraction of sp³-hybridized carbons (Fsp3) is 0.467. The second-order valence-electron chi connectivity index (χ2n) is 5.13. The van der Waals surface area contributed by atoms with E-state index in [1.807, 2.05) is 0 Å². The van der Waals surface area contributed by atoms with Gasteiger partial charge in [-0.2, -0.15) is 0 Å². The maximum absolute atomic E-state index is 13.5. The molecule has 0 saturated carbocycles. The van der Waals surface area contributed by atoms with Crippen molar-refractivity contribution in [3.8, 4) is 5.75 Å². The molecule has 114 valence electrons. The van der Waals surface area contributed by atoms with Crippen LogP contribution in [0.15, 0.2) is 18.2 Å². The third kappa shape index (κ3) is 3.71. The van der Waals surface area contributed by atoms with Gasteiger partial charge in [0, 0.05) is 19.5 Å². The van der Waals surface area contributed by atoms with Gasteiger partial charge in [0.2, 0.25) is 5.91 Å².